The van der Waals surface area contributed by atoms with Gasteiger partial charge >= 0.3 is 0 Å². The van der Waals surface area contributed by atoms with Gasteiger partial charge in [-0.15, -0.1) is 0 Å². The number of nitrogens with two attached hydrogens (primary N) is 2. The zero-order valence-electron chi connectivity index (χ0n) is 7.37. The quantitative estimate of drug-likeness (QED) is 0.268. The molecule has 0 saturated carbocycles. The van der Waals surface area contributed by atoms with E-state index >= 15 is 0 Å². The van der Waals surface area contributed by atoms with E-state index in [2.05, 4.69) is 10.4 Å². The molecule has 1 rings (SSSR count). The highest BCUT2D eigenvalue weighted by molar-refractivity contribution is 14.1. The number of anilines is 3. The van der Waals surface area contributed by atoms with Crippen molar-refractivity contribution in [1.29, 1.82) is 0 Å². The highest BCUT2D eigenvalue weighted by Crippen LogP contribution is 2.29. The van der Waals surface area contributed by atoms with Crippen LogP contribution in [0.2, 0.25) is 0 Å². The van der Waals surface area contributed by atoms with E-state index in [0.717, 1.165) is 0 Å². The van der Waals surface area contributed by atoms with Crippen LogP contribution in [0.5, 0.6) is 0 Å². The molecule has 0 bridgehead atoms. The Labute approximate surface area is 89.4 Å². The third kappa shape index (κ3) is 2.37. The fraction of sp³-hybridized carbons (Fsp3) is 0.500. The van der Waals surface area contributed by atoms with Crippen LogP contribution in [0, 0.1) is 0 Å². The second-order valence-corrected chi connectivity index (χ2v) is 4.95. The summed E-state index contributed by atoms with van der Waals surface area (Å²) in [6.07, 6.45) is 0. The standard InChI is InChI=1S/C6H12IN5O/c1-6(7,13)10-3-4(8)11-12(2)5(3)9/h10,13H,9H2,1-2H3,(H2,8,11). The predicted octanol–water partition coefficient (Wildman–Crippen LogP) is 0.0974. The van der Waals surface area contributed by atoms with Gasteiger partial charge in [-0.2, -0.15) is 5.10 Å². The second kappa shape index (κ2) is 3.22. The average Bonchev–Trinajstić information content (AvgIpc) is 2.14. The van der Waals surface area contributed by atoms with Gasteiger partial charge < -0.3 is 21.9 Å². The van der Waals surface area contributed by atoms with Crippen molar-refractivity contribution in [2.75, 3.05) is 16.8 Å². The van der Waals surface area contributed by atoms with E-state index in [1.807, 2.05) is 22.6 Å². The molecule has 0 amide bonds. The normalized spacial score (nSPS) is 15.4. The van der Waals surface area contributed by atoms with Crippen LogP contribution in [0.1, 0.15) is 6.92 Å². The number of nitrogen functional groups attached to an aromatic ring is 2. The number of aliphatic hydroxyl groups is 1. The lowest BCUT2D eigenvalue weighted by Crippen LogP contribution is -2.26. The van der Waals surface area contributed by atoms with Crippen LogP contribution < -0.4 is 16.8 Å². The molecule has 0 radical (unpaired) electrons. The Balaban J connectivity index is 3.01. The molecule has 0 saturated heterocycles. The van der Waals surface area contributed by atoms with Gasteiger partial charge in [-0.05, 0) is 29.5 Å². The summed E-state index contributed by atoms with van der Waals surface area (Å²) in [5, 5.41) is 16.1. The minimum Gasteiger partial charge on any atom is -0.382 e. The van der Waals surface area contributed by atoms with Crippen molar-refractivity contribution < 1.29 is 5.11 Å². The van der Waals surface area contributed by atoms with Crippen LogP contribution in [0.4, 0.5) is 17.3 Å². The Kier molecular flexibility index (Phi) is 2.57. The Morgan fingerprint density at radius 3 is 2.46 bits per heavy atom. The number of hydrogen-bond donors (Lipinski definition) is 4. The van der Waals surface area contributed by atoms with Crippen LogP contribution >= 0.6 is 22.6 Å². The summed E-state index contributed by atoms with van der Waals surface area (Å²) >= 11 is 1.82. The molecule has 0 aliphatic rings. The van der Waals surface area contributed by atoms with Crippen molar-refractivity contribution in [3.8, 4) is 0 Å². The van der Waals surface area contributed by atoms with Crippen LogP contribution in [-0.4, -0.2) is 18.6 Å². The lowest BCUT2D eigenvalue weighted by Gasteiger charge is -2.18. The van der Waals surface area contributed by atoms with Crippen LogP contribution in [-0.2, 0) is 7.05 Å². The molecular formula is C6H12IN5O. The molecule has 0 spiro atoms. The van der Waals surface area contributed by atoms with Crippen LogP contribution in [0.25, 0.3) is 0 Å². The van der Waals surface area contributed by atoms with Crippen molar-refractivity contribution >= 4 is 39.9 Å². The van der Waals surface area contributed by atoms with Crippen molar-refractivity contribution in [1.82, 2.24) is 9.78 Å². The minimum absolute atomic E-state index is 0.275. The maximum absolute atomic E-state index is 9.46. The number of hydrogen-bond acceptors (Lipinski definition) is 5. The molecule has 6 nitrogen and oxygen atoms in total. The number of nitrogens with zero attached hydrogens (tertiary/aromatic N) is 2. The molecule has 1 heterocycles. The number of aromatic nitrogens is 2. The van der Waals surface area contributed by atoms with E-state index in [1.165, 1.54) is 4.68 Å². The molecule has 0 aromatic carbocycles. The van der Waals surface area contributed by atoms with E-state index in [1.54, 1.807) is 14.0 Å². The first-order valence-electron chi connectivity index (χ1n) is 3.58. The van der Waals surface area contributed by atoms with Crippen LogP contribution in [0.15, 0.2) is 0 Å². The van der Waals surface area contributed by atoms with E-state index in [9.17, 15) is 5.11 Å². The van der Waals surface area contributed by atoms with Crippen LogP contribution in [0.3, 0.4) is 0 Å². The SMILES string of the molecule is Cn1nc(N)c(NC(C)(O)I)c1N. The minimum atomic E-state index is -1.09. The van der Waals surface area contributed by atoms with Gasteiger partial charge in [0, 0.05) is 7.05 Å². The molecule has 6 N–H and O–H groups in total. The molecule has 0 aliphatic carbocycles. The molecule has 1 atom stereocenters. The predicted molar refractivity (Wildman–Crippen MR) is 60.3 cm³/mol. The van der Waals surface area contributed by atoms with Crippen molar-refractivity contribution in [3.05, 3.63) is 0 Å². The topological polar surface area (TPSA) is 102 Å². The number of aryl methyl sites for hydroxylation is 1. The lowest BCUT2D eigenvalue weighted by molar-refractivity contribution is 0.207. The smallest absolute Gasteiger partial charge is 0.185 e. The zero-order chi connectivity index (χ0) is 10.2. The average molecular weight is 297 g/mol. The van der Waals surface area contributed by atoms with Gasteiger partial charge in [-0.3, -0.25) is 0 Å². The monoisotopic (exact) mass is 297 g/mol. The Bertz CT molecular complexity index is 316. The Morgan fingerprint density at radius 2 is 2.15 bits per heavy atom. The van der Waals surface area contributed by atoms with Gasteiger partial charge in [0.05, 0.1) is 0 Å². The van der Waals surface area contributed by atoms with Crippen molar-refractivity contribution in [3.63, 3.8) is 0 Å². The highest BCUT2D eigenvalue weighted by Gasteiger charge is 2.20. The molecular weight excluding hydrogens is 285 g/mol. The number of rotatable bonds is 2. The van der Waals surface area contributed by atoms with Gasteiger partial charge in [-0.1, -0.05) is 0 Å². The third-order valence-corrected chi connectivity index (χ3v) is 1.74. The van der Waals surface area contributed by atoms with E-state index in [4.69, 9.17) is 11.5 Å². The number of alkyl halides is 1. The summed E-state index contributed by atoms with van der Waals surface area (Å²) < 4.78 is 0.350. The third-order valence-electron chi connectivity index (χ3n) is 1.47. The molecule has 1 aromatic rings. The first kappa shape index (κ1) is 10.4. The summed E-state index contributed by atoms with van der Waals surface area (Å²) in [7, 11) is 1.68. The molecule has 13 heavy (non-hydrogen) atoms. The van der Waals surface area contributed by atoms with Gasteiger partial charge in [0.25, 0.3) is 0 Å². The highest BCUT2D eigenvalue weighted by atomic mass is 127. The number of nitrogens with one attached hydrogen (secondary N) is 1. The summed E-state index contributed by atoms with van der Waals surface area (Å²) in [5.41, 5.74) is 11.7. The fourth-order valence-corrected chi connectivity index (χ4v) is 1.18. The maximum Gasteiger partial charge on any atom is 0.185 e. The first-order chi connectivity index (χ1) is 5.81. The number of halogens is 1. The Hall–Kier alpha value is -0.700. The van der Waals surface area contributed by atoms with Crippen molar-refractivity contribution in [2.45, 2.75) is 10.7 Å². The van der Waals surface area contributed by atoms with Gasteiger partial charge in [0.2, 0.25) is 0 Å². The van der Waals surface area contributed by atoms with Gasteiger partial charge in [0.1, 0.15) is 11.5 Å². The summed E-state index contributed by atoms with van der Waals surface area (Å²) in [4.78, 5) is 0. The summed E-state index contributed by atoms with van der Waals surface area (Å²) in [5.74, 6) is 0.673. The molecule has 1 aromatic heterocycles. The summed E-state index contributed by atoms with van der Waals surface area (Å²) in [6.45, 7) is 1.58. The molecule has 0 fully saturated rings. The van der Waals surface area contributed by atoms with Gasteiger partial charge in [-0.25, -0.2) is 4.68 Å². The Morgan fingerprint density at radius 1 is 1.62 bits per heavy atom. The fourth-order valence-electron chi connectivity index (χ4n) is 0.915. The van der Waals surface area contributed by atoms with Crippen molar-refractivity contribution in [2.24, 2.45) is 7.05 Å². The van der Waals surface area contributed by atoms with E-state index in [0.29, 0.717) is 11.5 Å². The molecule has 7 heteroatoms. The zero-order valence-corrected chi connectivity index (χ0v) is 9.53. The van der Waals surface area contributed by atoms with E-state index in [-0.39, 0.29) is 5.82 Å². The maximum atomic E-state index is 9.46. The van der Waals surface area contributed by atoms with Gasteiger partial charge in [0.15, 0.2) is 9.55 Å². The largest absolute Gasteiger partial charge is 0.382 e. The second-order valence-electron chi connectivity index (χ2n) is 2.85. The molecule has 0 aliphatic heterocycles. The lowest BCUT2D eigenvalue weighted by atomic mass is 10.4. The van der Waals surface area contributed by atoms with E-state index < -0.39 is 3.73 Å². The molecule has 74 valence electrons. The summed E-state index contributed by atoms with van der Waals surface area (Å²) in [6, 6.07) is 0. The first-order valence-corrected chi connectivity index (χ1v) is 4.66. The molecule has 1 unspecified atom stereocenters.